The summed E-state index contributed by atoms with van der Waals surface area (Å²) in [5, 5.41) is 0. The van der Waals surface area contributed by atoms with E-state index in [-0.39, 0.29) is 5.97 Å². The Kier molecular flexibility index (Phi) is 15.0. The third-order valence-electron chi connectivity index (χ3n) is 8.65. The van der Waals surface area contributed by atoms with Gasteiger partial charge in [0.05, 0.1) is 12.2 Å². The number of hydrogen-bond donors (Lipinski definition) is 0. The Hall–Kier alpha value is -2.55. The van der Waals surface area contributed by atoms with Gasteiger partial charge in [-0.1, -0.05) is 83.6 Å². The summed E-state index contributed by atoms with van der Waals surface area (Å²) in [6.45, 7) is 7.56. The van der Waals surface area contributed by atoms with Gasteiger partial charge in [0.1, 0.15) is 11.5 Å². The SMILES string of the molecule is CCCCCC=C[C@H]1CC[C@H](CCc2ccc(OC(=O)c3ccc(OCCCCC[C@@H](C)CC)cc3)cc2)CC1. The van der Waals surface area contributed by atoms with Crippen LogP contribution in [0.1, 0.15) is 127 Å². The van der Waals surface area contributed by atoms with Crippen molar-refractivity contribution in [2.75, 3.05) is 6.61 Å². The zero-order valence-electron chi connectivity index (χ0n) is 25.5. The van der Waals surface area contributed by atoms with E-state index in [1.54, 1.807) is 12.1 Å². The molecule has 0 spiro atoms. The predicted octanol–water partition coefficient (Wildman–Crippen LogP) is 10.8. The molecule has 40 heavy (non-hydrogen) atoms. The first kappa shape index (κ1) is 32.0. The average Bonchev–Trinajstić information content (AvgIpc) is 2.99. The maximum absolute atomic E-state index is 12.6. The number of hydrogen-bond acceptors (Lipinski definition) is 3. The number of rotatable bonds is 18. The van der Waals surface area contributed by atoms with E-state index in [1.165, 1.54) is 89.0 Å². The molecule has 0 N–H and O–H groups in total. The zero-order chi connectivity index (χ0) is 28.4. The molecule has 2 aromatic rings. The second-order valence-electron chi connectivity index (χ2n) is 12.0. The second-order valence-corrected chi connectivity index (χ2v) is 12.0. The number of allylic oxidation sites excluding steroid dienone is 2. The molecular formula is C37H54O3. The van der Waals surface area contributed by atoms with Crippen LogP contribution in [-0.2, 0) is 6.42 Å². The van der Waals surface area contributed by atoms with Gasteiger partial charge in [0, 0.05) is 0 Å². The van der Waals surface area contributed by atoms with Crippen molar-refractivity contribution in [3.8, 4) is 11.5 Å². The molecule has 1 aliphatic rings. The van der Waals surface area contributed by atoms with Gasteiger partial charge in [-0.25, -0.2) is 4.79 Å². The number of esters is 1. The molecular weight excluding hydrogens is 492 g/mol. The number of carbonyl (C=O) groups is 1. The molecule has 3 rings (SSSR count). The third kappa shape index (κ3) is 12.3. The quantitative estimate of drug-likeness (QED) is 0.0807. The third-order valence-corrected chi connectivity index (χ3v) is 8.65. The summed E-state index contributed by atoms with van der Waals surface area (Å²) in [4.78, 5) is 12.6. The Balaban J connectivity index is 1.31. The van der Waals surface area contributed by atoms with E-state index >= 15 is 0 Å². The summed E-state index contributed by atoms with van der Waals surface area (Å²) in [7, 11) is 0. The molecule has 0 saturated heterocycles. The molecule has 0 amide bonds. The van der Waals surface area contributed by atoms with E-state index in [9.17, 15) is 4.79 Å². The monoisotopic (exact) mass is 546 g/mol. The molecule has 0 radical (unpaired) electrons. The molecule has 0 aliphatic heterocycles. The minimum absolute atomic E-state index is 0.333. The van der Waals surface area contributed by atoms with Gasteiger partial charge in [-0.2, -0.15) is 0 Å². The molecule has 3 heteroatoms. The summed E-state index contributed by atoms with van der Waals surface area (Å²) < 4.78 is 11.5. The van der Waals surface area contributed by atoms with Gasteiger partial charge in [0.25, 0.3) is 0 Å². The molecule has 0 aromatic heterocycles. The Morgan fingerprint density at radius 1 is 0.875 bits per heavy atom. The maximum atomic E-state index is 12.6. The minimum Gasteiger partial charge on any atom is -0.494 e. The highest BCUT2D eigenvalue weighted by Gasteiger charge is 2.19. The number of aryl methyl sites for hydroxylation is 1. The van der Waals surface area contributed by atoms with Crippen molar-refractivity contribution < 1.29 is 14.3 Å². The maximum Gasteiger partial charge on any atom is 0.343 e. The molecule has 1 aliphatic carbocycles. The van der Waals surface area contributed by atoms with Gasteiger partial charge >= 0.3 is 5.97 Å². The fourth-order valence-corrected chi connectivity index (χ4v) is 5.58. The topological polar surface area (TPSA) is 35.5 Å². The normalized spacial score (nSPS) is 18.1. The zero-order valence-corrected chi connectivity index (χ0v) is 25.5. The molecule has 1 fully saturated rings. The van der Waals surface area contributed by atoms with Crippen molar-refractivity contribution in [2.24, 2.45) is 17.8 Å². The van der Waals surface area contributed by atoms with E-state index in [0.29, 0.717) is 17.9 Å². The average molecular weight is 547 g/mol. The number of benzene rings is 2. The van der Waals surface area contributed by atoms with E-state index in [0.717, 1.165) is 36.3 Å². The van der Waals surface area contributed by atoms with Gasteiger partial charge in [-0.05, 0) is 118 Å². The van der Waals surface area contributed by atoms with E-state index < -0.39 is 0 Å². The fraction of sp³-hybridized carbons (Fsp3) is 0.595. The fourth-order valence-electron chi connectivity index (χ4n) is 5.58. The van der Waals surface area contributed by atoms with Crippen LogP contribution >= 0.6 is 0 Å². The van der Waals surface area contributed by atoms with Crippen molar-refractivity contribution in [3.05, 3.63) is 71.8 Å². The molecule has 2 aromatic carbocycles. The predicted molar refractivity (Wildman–Crippen MR) is 168 cm³/mol. The lowest BCUT2D eigenvalue weighted by Crippen LogP contribution is -2.13. The van der Waals surface area contributed by atoms with E-state index in [2.05, 4.69) is 45.1 Å². The first-order valence-electron chi connectivity index (χ1n) is 16.3. The molecule has 1 saturated carbocycles. The van der Waals surface area contributed by atoms with Crippen molar-refractivity contribution >= 4 is 5.97 Å². The summed E-state index contributed by atoms with van der Waals surface area (Å²) in [6, 6.07) is 15.3. The first-order valence-corrected chi connectivity index (χ1v) is 16.3. The highest BCUT2D eigenvalue weighted by Crippen LogP contribution is 2.32. The Morgan fingerprint density at radius 2 is 1.60 bits per heavy atom. The largest absolute Gasteiger partial charge is 0.494 e. The lowest BCUT2D eigenvalue weighted by molar-refractivity contribution is 0.0734. The van der Waals surface area contributed by atoms with Gasteiger partial charge in [-0.15, -0.1) is 0 Å². The lowest BCUT2D eigenvalue weighted by atomic mass is 9.79. The summed E-state index contributed by atoms with van der Waals surface area (Å²) in [5.74, 6) is 3.51. The molecule has 1 atom stereocenters. The first-order chi connectivity index (χ1) is 19.6. The van der Waals surface area contributed by atoms with Crippen molar-refractivity contribution in [1.29, 1.82) is 0 Å². The van der Waals surface area contributed by atoms with Crippen LogP contribution in [0.15, 0.2) is 60.7 Å². The molecule has 0 bridgehead atoms. The Morgan fingerprint density at radius 3 is 2.30 bits per heavy atom. The van der Waals surface area contributed by atoms with Crippen LogP contribution in [-0.4, -0.2) is 12.6 Å². The van der Waals surface area contributed by atoms with Gasteiger partial charge in [0.15, 0.2) is 0 Å². The molecule has 0 heterocycles. The van der Waals surface area contributed by atoms with Gasteiger partial charge in [-0.3, -0.25) is 0 Å². The van der Waals surface area contributed by atoms with Crippen LogP contribution in [0.3, 0.4) is 0 Å². The van der Waals surface area contributed by atoms with Crippen LogP contribution in [0.2, 0.25) is 0 Å². The summed E-state index contributed by atoms with van der Waals surface area (Å²) in [5.41, 5.74) is 1.86. The van der Waals surface area contributed by atoms with Crippen molar-refractivity contribution in [2.45, 2.75) is 117 Å². The van der Waals surface area contributed by atoms with Crippen molar-refractivity contribution in [3.63, 3.8) is 0 Å². The van der Waals surface area contributed by atoms with Gasteiger partial charge in [0.2, 0.25) is 0 Å². The van der Waals surface area contributed by atoms with E-state index in [1.807, 2.05) is 24.3 Å². The highest BCUT2D eigenvalue weighted by molar-refractivity contribution is 5.91. The summed E-state index contributed by atoms with van der Waals surface area (Å²) in [6.07, 6.45) is 24.0. The lowest BCUT2D eigenvalue weighted by Gasteiger charge is -2.26. The summed E-state index contributed by atoms with van der Waals surface area (Å²) >= 11 is 0. The Labute approximate surface area is 244 Å². The number of unbranched alkanes of at least 4 members (excludes halogenated alkanes) is 5. The molecule has 0 unspecified atom stereocenters. The van der Waals surface area contributed by atoms with Gasteiger partial charge < -0.3 is 9.47 Å². The van der Waals surface area contributed by atoms with Crippen molar-refractivity contribution in [1.82, 2.24) is 0 Å². The molecule has 220 valence electrons. The minimum atomic E-state index is -0.333. The smallest absolute Gasteiger partial charge is 0.343 e. The van der Waals surface area contributed by atoms with E-state index in [4.69, 9.17) is 9.47 Å². The van der Waals surface area contributed by atoms with Crippen LogP contribution in [0.25, 0.3) is 0 Å². The number of ether oxygens (including phenoxy) is 2. The number of carbonyl (C=O) groups excluding carboxylic acids is 1. The second kappa shape index (κ2) is 18.7. The Bertz CT molecular complexity index is 967. The molecule has 3 nitrogen and oxygen atoms in total. The van der Waals surface area contributed by atoms with Crippen LogP contribution in [0.5, 0.6) is 11.5 Å². The van der Waals surface area contributed by atoms with Crippen LogP contribution < -0.4 is 9.47 Å². The van der Waals surface area contributed by atoms with Crippen LogP contribution in [0.4, 0.5) is 0 Å². The van der Waals surface area contributed by atoms with Crippen LogP contribution in [0, 0.1) is 17.8 Å². The standard InChI is InChI=1S/C37H54O3/c1-4-6-7-8-11-14-31-15-17-32(18-16-31)19-20-33-21-25-36(26-22-33)40-37(38)34-23-27-35(28-24-34)39-29-12-9-10-13-30(3)5-2/h11,14,21-28,30-32H,4-10,12-13,15-20,29H2,1-3H3/t30-,31-,32-/m0/s1. The highest BCUT2D eigenvalue weighted by atomic mass is 16.5.